The van der Waals surface area contributed by atoms with Crippen LogP contribution in [-0.2, 0) is 0 Å². The fraction of sp³-hybridized carbons (Fsp3) is 0.226. The van der Waals surface area contributed by atoms with Gasteiger partial charge < -0.3 is 10.6 Å². The van der Waals surface area contributed by atoms with Crippen LogP contribution in [0.15, 0.2) is 107 Å². The fourth-order valence-corrected chi connectivity index (χ4v) is 6.47. The van der Waals surface area contributed by atoms with Gasteiger partial charge in [0, 0.05) is 36.8 Å². The van der Waals surface area contributed by atoms with Crippen LogP contribution in [0, 0.1) is 0 Å². The molecule has 0 unspecified atom stereocenters. The topological polar surface area (TPSA) is 48.8 Å². The maximum atomic E-state index is 5.10. The lowest BCUT2D eigenvalue weighted by molar-refractivity contribution is 0.835. The summed E-state index contributed by atoms with van der Waals surface area (Å²) in [6.07, 6.45) is 0. The molecule has 0 heterocycles. The number of aliphatic imine (C=N–C) groups is 2. The predicted molar refractivity (Wildman–Crippen MR) is 161 cm³/mol. The first-order valence-electron chi connectivity index (χ1n) is 12.5. The number of nitrogens with zero attached hydrogens (tertiary/aromatic N) is 2. The summed E-state index contributed by atoms with van der Waals surface area (Å²) in [5.74, 6) is 0.919. The van der Waals surface area contributed by atoms with E-state index < -0.39 is 7.92 Å². The number of amidine groups is 2. The van der Waals surface area contributed by atoms with Gasteiger partial charge in [0.1, 0.15) is 5.58 Å². The summed E-state index contributed by atoms with van der Waals surface area (Å²) < 4.78 is 0. The van der Waals surface area contributed by atoms with Crippen molar-refractivity contribution in [3.05, 3.63) is 97.1 Å². The van der Waals surface area contributed by atoms with E-state index in [4.69, 9.17) is 4.99 Å². The largest absolute Gasteiger partial charge is 0.344 e. The Labute approximate surface area is 216 Å². The van der Waals surface area contributed by atoms with Gasteiger partial charge in [0.05, 0.1) is 5.84 Å². The van der Waals surface area contributed by atoms with Crippen molar-refractivity contribution in [3.8, 4) is 0 Å². The molecular weight excluding hydrogens is 459 g/mol. The Balaban J connectivity index is 1.72. The van der Waals surface area contributed by atoms with Crippen molar-refractivity contribution >= 4 is 52.1 Å². The number of fused-ring (bicyclic) bond motifs is 1. The van der Waals surface area contributed by atoms with Crippen LogP contribution in [0.3, 0.4) is 0 Å². The molecule has 0 radical (unpaired) electrons. The molecule has 0 atom stereocenters. The van der Waals surface area contributed by atoms with E-state index in [2.05, 4.69) is 140 Å². The zero-order valence-corrected chi connectivity index (χ0v) is 22.6. The molecule has 0 saturated carbocycles. The minimum absolute atomic E-state index is 0.171. The summed E-state index contributed by atoms with van der Waals surface area (Å²) in [7, 11) is -0.829. The van der Waals surface area contributed by atoms with E-state index in [0.717, 1.165) is 33.6 Å². The molecule has 0 aliphatic heterocycles. The zero-order chi connectivity index (χ0) is 25.5. The number of rotatable bonds is 7. The fourth-order valence-electron chi connectivity index (χ4n) is 4.15. The van der Waals surface area contributed by atoms with E-state index in [0.29, 0.717) is 0 Å². The van der Waals surface area contributed by atoms with Crippen molar-refractivity contribution in [3.63, 3.8) is 0 Å². The second kappa shape index (κ2) is 12.0. The molecule has 0 aliphatic carbocycles. The molecule has 0 saturated heterocycles. The van der Waals surface area contributed by atoms with E-state index in [1.54, 1.807) is 0 Å². The minimum atomic E-state index is -0.829. The van der Waals surface area contributed by atoms with Crippen LogP contribution in [0.25, 0.3) is 10.8 Å². The molecule has 4 rings (SSSR count). The molecule has 0 aliphatic rings. The maximum absolute atomic E-state index is 5.10. The van der Waals surface area contributed by atoms with Gasteiger partial charge in [-0.05, 0) is 68.8 Å². The molecule has 2 N–H and O–H groups in total. The molecule has 4 aromatic rings. The van der Waals surface area contributed by atoms with Crippen LogP contribution < -0.4 is 21.2 Å². The Morgan fingerprint density at radius 1 is 0.667 bits per heavy atom. The van der Waals surface area contributed by atoms with Gasteiger partial charge in [-0.1, -0.05) is 78.9 Å². The molecule has 36 heavy (non-hydrogen) atoms. The van der Waals surface area contributed by atoms with Crippen LogP contribution in [0.4, 0.5) is 11.4 Å². The summed E-state index contributed by atoms with van der Waals surface area (Å²) in [6, 6.07) is 34.7. The Hall–Kier alpha value is -3.49. The van der Waals surface area contributed by atoms with Crippen LogP contribution in [-0.4, -0.2) is 23.5 Å². The standard InChI is InChI=1S/C31H35N4P/c1-22(2)32-24(5)34-30-18-12-13-25-21-26(19-20-29(25)30)35-31(33-23(3)4)36(27-14-8-6-9-15-27)28-16-10-7-11-17-28/h6-23H,1-5H3,(H,32,34)(H,33,35). The van der Waals surface area contributed by atoms with Crippen LogP contribution >= 0.6 is 7.92 Å². The summed E-state index contributed by atoms with van der Waals surface area (Å²) in [6.45, 7) is 10.4. The Morgan fingerprint density at radius 3 is 1.86 bits per heavy atom. The van der Waals surface area contributed by atoms with Crippen molar-refractivity contribution in [2.24, 2.45) is 9.98 Å². The second-order valence-electron chi connectivity index (χ2n) is 9.35. The van der Waals surface area contributed by atoms with Gasteiger partial charge in [-0.2, -0.15) is 0 Å². The SMILES string of the molecule is CC(=NC(C)C)Nc1cccc2cc(NC(=NC(C)C)P(c3ccccc3)c3ccccc3)ccc12. The lowest BCUT2D eigenvalue weighted by Crippen LogP contribution is -2.24. The number of hydrogen-bond donors (Lipinski definition) is 2. The molecule has 0 amide bonds. The van der Waals surface area contributed by atoms with E-state index in [9.17, 15) is 0 Å². The summed E-state index contributed by atoms with van der Waals surface area (Å²) in [5.41, 5.74) is 3.10. The number of anilines is 2. The average Bonchev–Trinajstić information content (AvgIpc) is 2.85. The third-order valence-electron chi connectivity index (χ3n) is 5.53. The highest BCUT2D eigenvalue weighted by Crippen LogP contribution is 2.37. The minimum Gasteiger partial charge on any atom is -0.344 e. The van der Waals surface area contributed by atoms with Crippen molar-refractivity contribution in [2.45, 2.75) is 46.7 Å². The maximum Gasteiger partial charge on any atom is 0.133 e. The van der Waals surface area contributed by atoms with Gasteiger partial charge in [0.25, 0.3) is 0 Å². The van der Waals surface area contributed by atoms with Crippen molar-refractivity contribution < 1.29 is 0 Å². The van der Waals surface area contributed by atoms with Crippen molar-refractivity contribution in [2.75, 3.05) is 10.6 Å². The quantitative estimate of drug-likeness (QED) is 0.160. The smallest absolute Gasteiger partial charge is 0.133 e. The Bertz CT molecular complexity index is 1310. The zero-order valence-electron chi connectivity index (χ0n) is 21.7. The molecule has 5 heteroatoms. The predicted octanol–water partition coefficient (Wildman–Crippen LogP) is 7.39. The average molecular weight is 495 g/mol. The Kier molecular flexibility index (Phi) is 8.51. The van der Waals surface area contributed by atoms with E-state index in [-0.39, 0.29) is 12.1 Å². The van der Waals surface area contributed by atoms with Gasteiger partial charge >= 0.3 is 0 Å². The van der Waals surface area contributed by atoms with Gasteiger partial charge in [-0.25, -0.2) is 0 Å². The summed E-state index contributed by atoms with van der Waals surface area (Å²) in [5, 5.41) is 12.1. The highest BCUT2D eigenvalue weighted by atomic mass is 31.1. The first-order chi connectivity index (χ1) is 17.4. The van der Waals surface area contributed by atoms with Gasteiger partial charge in [-0.3, -0.25) is 9.98 Å². The number of nitrogens with one attached hydrogen (secondary N) is 2. The third kappa shape index (κ3) is 6.59. The lowest BCUT2D eigenvalue weighted by Gasteiger charge is -2.23. The molecular formula is C31H35N4P. The van der Waals surface area contributed by atoms with E-state index in [1.807, 2.05) is 6.92 Å². The molecule has 4 nitrogen and oxygen atoms in total. The van der Waals surface area contributed by atoms with Crippen molar-refractivity contribution in [1.82, 2.24) is 0 Å². The molecule has 0 fully saturated rings. The molecule has 0 bridgehead atoms. The summed E-state index contributed by atoms with van der Waals surface area (Å²) in [4.78, 5) is 9.72. The molecule has 184 valence electrons. The molecule has 0 aromatic heterocycles. The van der Waals surface area contributed by atoms with Crippen LogP contribution in [0.5, 0.6) is 0 Å². The lowest BCUT2D eigenvalue weighted by atomic mass is 10.1. The highest BCUT2D eigenvalue weighted by Gasteiger charge is 2.21. The van der Waals surface area contributed by atoms with E-state index >= 15 is 0 Å². The number of benzene rings is 4. The first kappa shape index (κ1) is 25.6. The summed E-state index contributed by atoms with van der Waals surface area (Å²) >= 11 is 0. The van der Waals surface area contributed by atoms with Crippen molar-refractivity contribution in [1.29, 1.82) is 0 Å². The van der Waals surface area contributed by atoms with Crippen LogP contribution in [0.1, 0.15) is 34.6 Å². The second-order valence-corrected chi connectivity index (χ2v) is 11.5. The van der Waals surface area contributed by atoms with Crippen LogP contribution in [0.2, 0.25) is 0 Å². The molecule has 0 spiro atoms. The highest BCUT2D eigenvalue weighted by molar-refractivity contribution is 7.88. The monoisotopic (exact) mass is 494 g/mol. The first-order valence-corrected chi connectivity index (χ1v) is 13.8. The van der Waals surface area contributed by atoms with Gasteiger partial charge in [0.2, 0.25) is 0 Å². The third-order valence-corrected chi connectivity index (χ3v) is 7.81. The van der Waals surface area contributed by atoms with Gasteiger partial charge in [-0.15, -0.1) is 0 Å². The Morgan fingerprint density at radius 2 is 1.28 bits per heavy atom. The molecule has 4 aromatic carbocycles. The number of hydrogen-bond acceptors (Lipinski definition) is 2. The normalized spacial score (nSPS) is 12.6. The van der Waals surface area contributed by atoms with E-state index in [1.165, 1.54) is 10.6 Å². The van der Waals surface area contributed by atoms with Gasteiger partial charge in [0.15, 0.2) is 0 Å².